The van der Waals surface area contributed by atoms with Crippen LogP contribution in [-0.2, 0) is 0 Å². The lowest BCUT2D eigenvalue weighted by atomic mass is 9.71. The van der Waals surface area contributed by atoms with Gasteiger partial charge in [-0.2, -0.15) is 4.98 Å². The smallest absolute Gasteiger partial charge is 0.317 e. The average Bonchev–Trinajstić information content (AvgIpc) is 2.35. The molecule has 0 radical (unpaired) electrons. The summed E-state index contributed by atoms with van der Waals surface area (Å²) in [5.74, 6) is 0.575. The molecule has 6 nitrogen and oxygen atoms in total. The van der Waals surface area contributed by atoms with Gasteiger partial charge in [0.1, 0.15) is 11.8 Å². The van der Waals surface area contributed by atoms with Crippen molar-refractivity contribution < 1.29 is 9.94 Å². The van der Waals surface area contributed by atoms with Crippen LogP contribution in [0.1, 0.15) is 45.7 Å². The number of nitrogens with two attached hydrogens (primary N) is 1. The van der Waals surface area contributed by atoms with Gasteiger partial charge in [-0.3, -0.25) is 0 Å². The van der Waals surface area contributed by atoms with Crippen LogP contribution in [0.2, 0.25) is 0 Å². The molecule has 110 valence electrons. The van der Waals surface area contributed by atoms with Gasteiger partial charge in [0, 0.05) is 6.20 Å². The largest absolute Gasteiger partial charge is 0.460 e. The third kappa shape index (κ3) is 3.59. The van der Waals surface area contributed by atoms with E-state index in [-0.39, 0.29) is 23.4 Å². The summed E-state index contributed by atoms with van der Waals surface area (Å²) in [4.78, 5) is 8.26. The first-order valence-corrected chi connectivity index (χ1v) is 6.87. The minimum absolute atomic E-state index is 0.0467. The molecule has 6 heteroatoms. The molecule has 0 spiro atoms. The molecule has 20 heavy (non-hydrogen) atoms. The highest BCUT2D eigenvalue weighted by Crippen LogP contribution is 2.39. The quantitative estimate of drug-likeness (QED) is 0.382. The third-order valence-corrected chi connectivity index (χ3v) is 3.62. The number of ether oxygens (including phenoxy) is 1. The molecule has 3 N–H and O–H groups in total. The molecule has 1 heterocycles. The highest BCUT2D eigenvalue weighted by atomic mass is 16.5. The van der Waals surface area contributed by atoms with Crippen molar-refractivity contribution in [1.29, 1.82) is 0 Å². The molecule has 2 rings (SSSR count). The van der Waals surface area contributed by atoms with Crippen molar-refractivity contribution >= 4 is 5.84 Å². The van der Waals surface area contributed by atoms with Gasteiger partial charge in [-0.15, -0.1) is 0 Å². The Morgan fingerprint density at radius 1 is 1.50 bits per heavy atom. The molecule has 0 amide bonds. The van der Waals surface area contributed by atoms with Crippen LogP contribution in [0.4, 0.5) is 0 Å². The molecule has 1 fully saturated rings. The first kappa shape index (κ1) is 14.6. The van der Waals surface area contributed by atoms with E-state index in [0.29, 0.717) is 11.6 Å². The van der Waals surface area contributed by atoms with Crippen LogP contribution in [0, 0.1) is 11.3 Å². The van der Waals surface area contributed by atoms with Crippen molar-refractivity contribution in [2.24, 2.45) is 22.2 Å². The van der Waals surface area contributed by atoms with Gasteiger partial charge < -0.3 is 15.7 Å². The Morgan fingerprint density at radius 2 is 2.25 bits per heavy atom. The first-order chi connectivity index (χ1) is 9.39. The highest BCUT2D eigenvalue weighted by Gasteiger charge is 2.33. The number of hydrogen-bond acceptors (Lipinski definition) is 5. The number of oxime groups is 1. The molecule has 1 aromatic rings. The summed E-state index contributed by atoms with van der Waals surface area (Å²) < 4.78 is 5.88. The summed E-state index contributed by atoms with van der Waals surface area (Å²) in [5.41, 5.74) is 6.15. The summed E-state index contributed by atoms with van der Waals surface area (Å²) in [7, 11) is 0. The fourth-order valence-corrected chi connectivity index (χ4v) is 3.09. The monoisotopic (exact) mass is 278 g/mol. The summed E-state index contributed by atoms with van der Waals surface area (Å²) in [6.45, 7) is 6.75. The van der Waals surface area contributed by atoms with Crippen LogP contribution in [0.25, 0.3) is 0 Å². The Kier molecular flexibility index (Phi) is 4.11. The van der Waals surface area contributed by atoms with Gasteiger partial charge in [0.15, 0.2) is 5.84 Å². The van der Waals surface area contributed by atoms with Gasteiger partial charge in [0.05, 0.1) is 0 Å². The first-order valence-electron chi connectivity index (χ1n) is 6.87. The molecule has 2 atom stereocenters. The van der Waals surface area contributed by atoms with Crippen LogP contribution in [-0.4, -0.2) is 27.1 Å². The van der Waals surface area contributed by atoms with E-state index in [2.05, 4.69) is 35.9 Å². The van der Waals surface area contributed by atoms with Crippen LogP contribution >= 0.6 is 0 Å². The molecule has 0 saturated heterocycles. The Morgan fingerprint density at radius 3 is 2.90 bits per heavy atom. The van der Waals surface area contributed by atoms with E-state index < -0.39 is 0 Å². The maximum absolute atomic E-state index is 8.67. The summed E-state index contributed by atoms with van der Waals surface area (Å²) in [6.07, 6.45) is 4.84. The predicted molar refractivity (Wildman–Crippen MR) is 75.8 cm³/mol. The van der Waals surface area contributed by atoms with Gasteiger partial charge >= 0.3 is 6.01 Å². The second kappa shape index (κ2) is 5.64. The van der Waals surface area contributed by atoms with E-state index >= 15 is 0 Å². The van der Waals surface area contributed by atoms with Crippen LogP contribution < -0.4 is 10.5 Å². The zero-order chi connectivity index (χ0) is 14.8. The van der Waals surface area contributed by atoms with Crippen molar-refractivity contribution in [3.63, 3.8) is 0 Å². The van der Waals surface area contributed by atoms with E-state index in [0.717, 1.165) is 12.8 Å². The highest BCUT2D eigenvalue weighted by molar-refractivity contribution is 5.95. The third-order valence-electron chi connectivity index (χ3n) is 3.62. The molecule has 2 unspecified atom stereocenters. The lowest BCUT2D eigenvalue weighted by Crippen LogP contribution is -2.34. The molecule has 1 aliphatic rings. The van der Waals surface area contributed by atoms with Crippen molar-refractivity contribution in [3.05, 3.63) is 18.0 Å². The van der Waals surface area contributed by atoms with Crippen molar-refractivity contribution in [3.8, 4) is 6.01 Å². The summed E-state index contributed by atoms with van der Waals surface area (Å²) in [6, 6.07) is 1.86. The van der Waals surface area contributed by atoms with Gasteiger partial charge in [0.25, 0.3) is 0 Å². The predicted octanol–water partition coefficient (Wildman–Crippen LogP) is 2.16. The maximum atomic E-state index is 8.67. The van der Waals surface area contributed by atoms with Gasteiger partial charge in [-0.25, -0.2) is 4.98 Å². The molecule has 0 aromatic carbocycles. The Labute approximate surface area is 119 Å². The van der Waals surface area contributed by atoms with Gasteiger partial charge in [-0.1, -0.05) is 25.9 Å². The SMILES string of the molecule is CC1CC(Oc2nccc(/C(N)=N/O)n2)CC(C)(C)C1. The van der Waals surface area contributed by atoms with E-state index in [4.69, 9.17) is 15.7 Å². The minimum atomic E-state index is -0.0467. The molecule has 0 aliphatic heterocycles. The van der Waals surface area contributed by atoms with Crippen molar-refractivity contribution in [1.82, 2.24) is 9.97 Å². The average molecular weight is 278 g/mol. The van der Waals surface area contributed by atoms with E-state index in [1.54, 1.807) is 12.3 Å². The molecular formula is C14H22N4O2. The van der Waals surface area contributed by atoms with Crippen LogP contribution in [0.3, 0.4) is 0 Å². The van der Waals surface area contributed by atoms with E-state index in [1.807, 2.05) is 0 Å². The Balaban J connectivity index is 2.10. The number of hydrogen-bond donors (Lipinski definition) is 2. The lowest BCUT2D eigenvalue weighted by Gasteiger charge is -2.38. The molecule has 1 saturated carbocycles. The Bertz CT molecular complexity index is 502. The zero-order valence-electron chi connectivity index (χ0n) is 12.2. The second-order valence-corrected chi connectivity index (χ2v) is 6.36. The van der Waals surface area contributed by atoms with E-state index in [1.165, 1.54) is 6.42 Å². The summed E-state index contributed by atoms with van der Waals surface area (Å²) in [5, 5.41) is 11.6. The summed E-state index contributed by atoms with van der Waals surface area (Å²) >= 11 is 0. The molecular weight excluding hydrogens is 256 g/mol. The molecule has 1 aliphatic carbocycles. The fourth-order valence-electron chi connectivity index (χ4n) is 3.09. The van der Waals surface area contributed by atoms with Gasteiger partial charge in [-0.05, 0) is 36.7 Å². The van der Waals surface area contributed by atoms with Crippen LogP contribution in [0.5, 0.6) is 6.01 Å². The zero-order valence-corrected chi connectivity index (χ0v) is 12.2. The maximum Gasteiger partial charge on any atom is 0.317 e. The number of amidine groups is 1. The molecule has 0 bridgehead atoms. The van der Waals surface area contributed by atoms with Crippen molar-refractivity contribution in [2.45, 2.75) is 46.1 Å². The fraction of sp³-hybridized carbons (Fsp3) is 0.643. The van der Waals surface area contributed by atoms with Crippen molar-refractivity contribution in [2.75, 3.05) is 0 Å². The normalized spacial score (nSPS) is 26.2. The Hall–Kier alpha value is -1.85. The minimum Gasteiger partial charge on any atom is -0.460 e. The van der Waals surface area contributed by atoms with Gasteiger partial charge in [0.2, 0.25) is 0 Å². The molecule has 1 aromatic heterocycles. The second-order valence-electron chi connectivity index (χ2n) is 6.36. The number of rotatable bonds is 3. The van der Waals surface area contributed by atoms with Crippen LogP contribution in [0.15, 0.2) is 17.4 Å². The lowest BCUT2D eigenvalue weighted by molar-refractivity contribution is 0.0499. The standard InChI is InChI=1S/C14H22N4O2/c1-9-6-10(8-14(2,3)7-9)20-13-16-5-4-11(17-13)12(15)18-19/h4-5,9-10,19H,6-8H2,1-3H3,(H2,15,18). The number of aromatic nitrogens is 2. The topological polar surface area (TPSA) is 93.6 Å². The number of nitrogens with zero attached hydrogens (tertiary/aromatic N) is 3. The van der Waals surface area contributed by atoms with E-state index in [9.17, 15) is 0 Å².